The van der Waals surface area contributed by atoms with E-state index in [0.29, 0.717) is 6.61 Å². The first-order valence-electron chi connectivity index (χ1n) is 8.31. The highest BCUT2D eigenvalue weighted by Gasteiger charge is 2.11. The van der Waals surface area contributed by atoms with Crippen molar-refractivity contribution < 1.29 is 9.47 Å². The highest BCUT2D eigenvalue weighted by atomic mass is 16.5. The lowest BCUT2D eigenvalue weighted by Gasteiger charge is -2.15. The van der Waals surface area contributed by atoms with Crippen LogP contribution >= 0.6 is 0 Å². The summed E-state index contributed by atoms with van der Waals surface area (Å²) in [6.07, 6.45) is 5.46. The molecule has 0 spiro atoms. The van der Waals surface area contributed by atoms with Crippen molar-refractivity contribution in [1.82, 2.24) is 4.98 Å². The van der Waals surface area contributed by atoms with E-state index in [1.54, 1.807) is 13.4 Å². The molecule has 0 saturated carbocycles. The molecule has 0 aliphatic heterocycles. The summed E-state index contributed by atoms with van der Waals surface area (Å²) < 4.78 is 10.8. The number of aromatic nitrogens is 1. The molecule has 4 heteroatoms. The minimum Gasteiger partial charge on any atom is -0.501 e. The van der Waals surface area contributed by atoms with E-state index in [4.69, 9.17) is 9.47 Å². The van der Waals surface area contributed by atoms with Crippen LogP contribution in [0.15, 0.2) is 54.9 Å². The number of pyridine rings is 1. The van der Waals surface area contributed by atoms with Gasteiger partial charge < -0.3 is 14.8 Å². The SMILES string of the molecule is CCOC=Cc1cnc2c(OC)cccc2c1Nc1ccccc1C. The van der Waals surface area contributed by atoms with Crippen molar-refractivity contribution in [3.63, 3.8) is 0 Å². The number of para-hydroxylation sites is 2. The number of benzene rings is 2. The molecule has 1 N–H and O–H groups in total. The maximum atomic E-state index is 5.46. The number of ether oxygens (including phenoxy) is 2. The quantitative estimate of drug-likeness (QED) is 0.621. The van der Waals surface area contributed by atoms with E-state index in [0.717, 1.165) is 33.6 Å². The van der Waals surface area contributed by atoms with Crippen molar-refractivity contribution in [2.75, 3.05) is 19.0 Å². The first kappa shape index (κ1) is 16.8. The molecule has 25 heavy (non-hydrogen) atoms. The average molecular weight is 334 g/mol. The molecule has 0 radical (unpaired) electrons. The van der Waals surface area contributed by atoms with Gasteiger partial charge in [-0.05, 0) is 37.6 Å². The zero-order chi connectivity index (χ0) is 17.6. The van der Waals surface area contributed by atoms with Crippen molar-refractivity contribution in [2.45, 2.75) is 13.8 Å². The Morgan fingerprint density at radius 1 is 1.12 bits per heavy atom. The van der Waals surface area contributed by atoms with Crippen LogP contribution in [0.25, 0.3) is 17.0 Å². The Hall–Kier alpha value is -3.01. The molecule has 0 amide bonds. The van der Waals surface area contributed by atoms with E-state index in [2.05, 4.69) is 29.4 Å². The van der Waals surface area contributed by atoms with Crippen LogP contribution in [-0.4, -0.2) is 18.7 Å². The van der Waals surface area contributed by atoms with Crippen molar-refractivity contribution in [1.29, 1.82) is 0 Å². The molecular weight excluding hydrogens is 312 g/mol. The lowest BCUT2D eigenvalue weighted by atomic mass is 10.1. The van der Waals surface area contributed by atoms with Crippen LogP contribution in [0.1, 0.15) is 18.1 Å². The van der Waals surface area contributed by atoms with Crippen molar-refractivity contribution in [3.05, 3.63) is 66.1 Å². The fourth-order valence-electron chi connectivity index (χ4n) is 2.71. The van der Waals surface area contributed by atoms with Crippen LogP contribution in [-0.2, 0) is 4.74 Å². The summed E-state index contributed by atoms with van der Waals surface area (Å²) in [6, 6.07) is 14.1. The first-order valence-corrected chi connectivity index (χ1v) is 8.31. The maximum Gasteiger partial charge on any atom is 0.145 e. The van der Waals surface area contributed by atoms with Crippen molar-refractivity contribution >= 4 is 28.4 Å². The average Bonchev–Trinajstić information content (AvgIpc) is 2.64. The molecule has 0 saturated heterocycles. The van der Waals surface area contributed by atoms with Crippen LogP contribution in [0.5, 0.6) is 5.75 Å². The van der Waals surface area contributed by atoms with Gasteiger partial charge in [0.15, 0.2) is 0 Å². The molecule has 3 aromatic rings. The van der Waals surface area contributed by atoms with Crippen LogP contribution < -0.4 is 10.1 Å². The molecule has 0 bridgehead atoms. The Morgan fingerprint density at radius 2 is 1.96 bits per heavy atom. The molecule has 0 atom stereocenters. The lowest BCUT2D eigenvalue weighted by molar-refractivity contribution is 0.272. The summed E-state index contributed by atoms with van der Waals surface area (Å²) in [4.78, 5) is 4.58. The van der Waals surface area contributed by atoms with Crippen LogP contribution in [0.3, 0.4) is 0 Å². The van der Waals surface area contributed by atoms with Crippen LogP contribution in [0.4, 0.5) is 11.4 Å². The molecular formula is C21H22N2O2. The fraction of sp³-hybridized carbons (Fsp3) is 0.190. The predicted octanol–water partition coefficient (Wildman–Crippen LogP) is 5.30. The van der Waals surface area contributed by atoms with Gasteiger partial charge in [0.2, 0.25) is 0 Å². The fourth-order valence-corrected chi connectivity index (χ4v) is 2.71. The number of nitrogens with zero attached hydrogens (tertiary/aromatic N) is 1. The second-order valence-electron chi connectivity index (χ2n) is 5.64. The number of rotatable bonds is 6. The van der Waals surface area contributed by atoms with Gasteiger partial charge in [0.05, 0.1) is 25.7 Å². The van der Waals surface area contributed by atoms with Gasteiger partial charge in [-0.1, -0.05) is 30.3 Å². The first-order chi connectivity index (χ1) is 12.2. The molecule has 4 nitrogen and oxygen atoms in total. The number of nitrogens with one attached hydrogen (secondary N) is 1. The summed E-state index contributed by atoms with van der Waals surface area (Å²) in [5, 5.41) is 4.56. The molecule has 0 aliphatic carbocycles. The van der Waals surface area contributed by atoms with Crippen LogP contribution in [0, 0.1) is 6.92 Å². The molecule has 1 heterocycles. The minimum absolute atomic E-state index is 0.631. The van der Waals surface area contributed by atoms with E-state index < -0.39 is 0 Å². The predicted molar refractivity (Wildman–Crippen MR) is 103 cm³/mol. The molecule has 0 aliphatic rings. The minimum atomic E-state index is 0.631. The molecule has 2 aromatic carbocycles. The van der Waals surface area contributed by atoms with Gasteiger partial charge in [-0.3, -0.25) is 4.98 Å². The largest absolute Gasteiger partial charge is 0.501 e. The van der Waals surface area contributed by atoms with E-state index in [-0.39, 0.29) is 0 Å². The van der Waals surface area contributed by atoms with Crippen LogP contribution in [0.2, 0.25) is 0 Å². The third kappa shape index (κ3) is 3.58. The van der Waals surface area contributed by atoms with Crippen molar-refractivity contribution in [2.24, 2.45) is 0 Å². The Morgan fingerprint density at radius 3 is 2.72 bits per heavy atom. The summed E-state index contributed by atoms with van der Waals surface area (Å²) in [5.41, 5.74) is 5.00. The van der Waals surface area contributed by atoms with E-state index >= 15 is 0 Å². The summed E-state index contributed by atoms with van der Waals surface area (Å²) >= 11 is 0. The maximum absolute atomic E-state index is 5.46. The standard InChI is InChI=1S/C21H22N2O2/c1-4-25-13-12-16-14-22-21-17(9-7-11-19(21)24-3)20(16)23-18-10-6-5-8-15(18)2/h5-14H,4H2,1-3H3,(H,22,23). The zero-order valence-corrected chi connectivity index (χ0v) is 14.7. The molecule has 1 aromatic heterocycles. The normalized spacial score (nSPS) is 11.0. The number of hydrogen-bond donors (Lipinski definition) is 1. The third-order valence-corrected chi connectivity index (χ3v) is 4.02. The van der Waals surface area contributed by atoms with Gasteiger partial charge in [-0.2, -0.15) is 0 Å². The summed E-state index contributed by atoms with van der Waals surface area (Å²) in [5.74, 6) is 0.755. The Balaban J connectivity index is 2.16. The Kier molecular flexibility index (Phi) is 5.19. The number of anilines is 2. The highest BCUT2D eigenvalue weighted by Crippen LogP contribution is 2.34. The number of methoxy groups -OCH3 is 1. The van der Waals surface area contributed by atoms with Gasteiger partial charge >= 0.3 is 0 Å². The second kappa shape index (κ2) is 7.71. The van der Waals surface area contributed by atoms with Gasteiger partial charge in [-0.15, -0.1) is 0 Å². The lowest BCUT2D eigenvalue weighted by Crippen LogP contribution is -1.99. The zero-order valence-electron chi connectivity index (χ0n) is 14.7. The number of hydrogen-bond acceptors (Lipinski definition) is 4. The van der Waals surface area contributed by atoms with E-state index in [9.17, 15) is 0 Å². The van der Waals surface area contributed by atoms with E-state index in [1.807, 2.05) is 49.5 Å². The smallest absolute Gasteiger partial charge is 0.145 e. The molecule has 128 valence electrons. The molecule has 3 rings (SSSR count). The van der Waals surface area contributed by atoms with Gasteiger partial charge in [0.1, 0.15) is 11.3 Å². The van der Waals surface area contributed by atoms with Gasteiger partial charge in [-0.25, -0.2) is 0 Å². The molecule has 0 fully saturated rings. The Bertz CT molecular complexity index is 904. The van der Waals surface area contributed by atoms with Gasteiger partial charge in [0.25, 0.3) is 0 Å². The number of fused-ring (bicyclic) bond motifs is 1. The highest BCUT2D eigenvalue weighted by molar-refractivity contribution is 5.99. The third-order valence-electron chi connectivity index (χ3n) is 4.02. The van der Waals surface area contributed by atoms with Gasteiger partial charge in [0, 0.05) is 22.8 Å². The van der Waals surface area contributed by atoms with E-state index in [1.165, 1.54) is 5.56 Å². The number of aryl methyl sites for hydroxylation is 1. The topological polar surface area (TPSA) is 43.4 Å². The van der Waals surface area contributed by atoms with Crippen molar-refractivity contribution in [3.8, 4) is 5.75 Å². The summed E-state index contributed by atoms with van der Waals surface area (Å²) in [7, 11) is 1.66. The monoisotopic (exact) mass is 334 g/mol. The second-order valence-corrected chi connectivity index (χ2v) is 5.64. The summed E-state index contributed by atoms with van der Waals surface area (Å²) in [6.45, 7) is 4.67. The Labute approximate surface area is 148 Å². The molecule has 0 unspecified atom stereocenters.